The molecule has 1 unspecified atom stereocenters. The summed E-state index contributed by atoms with van der Waals surface area (Å²) in [7, 11) is 0. The Balaban J connectivity index is 2.21. The molecule has 0 amide bonds. The minimum atomic E-state index is 0.644. The van der Waals surface area contributed by atoms with Crippen molar-refractivity contribution in [2.45, 2.75) is 58.9 Å². The van der Waals surface area contributed by atoms with Gasteiger partial charge in [0.2, 0.25) is 0 Å². The Labute approximate surface area is 118 Å². The highest BCUT2D eigenvalue weighted by molar-refractivity contribution is 5.28. The topological polar surface area (TPSA) is 21.3 Å². The Morgan fingerprint density at radius 3 is 2.74 bits per heavy atom. The molecular formula is C17H29NO. The first kappa shape index (κ1) is 16.0. The third-order valence-corrected chi connectivity index (χ3v) is 3.45. The predicted molar refractivity (Wildman–Crippen MR) is 82.9 cm³/mol. The van der Waals surface area contributed by atoms with Gasteiger partial charge >= 0.3 is 0 Å². The van der Waals surface area contributed by atoms with Crippen LogP contribution in [0.15, 0.2) is 24.3 Å². The minimum absolute atomic E-state index is 0.644. The van der Waals surface area contributed by atoms with Crippen LogP contribution in [-0.2, 0) is 6.42 Å². The van der Waals surface area contributed by atoms with Crippen LogP contribution >= 0.6 is 0 Å². The third kappa shape index (κ3) is 6.63. The Hall–Kier alpha value is -1.02. The zero-order chi connectivity index (χ0) is 13.9. The summed E-state index contributed by atoms with van der Waals surface area (Å²) < 4.78 is 5.82. The van der Waals surface area contributed by atoms with Crippen LogP contribution < -0.4 is 10.1 Å². The van der Waals surface area contributed by atoms with Crippen LogP contribution in [0, 0.1) is 0 Å². The summed E-state index contributed by atoms with van der Waals surface area (Å²) in [5, 5.41) is 3.58. The molecule has 0 fully saturated rings. The maximum absolute atomic E-state index is 5.82. The summed E-state index contributed by atoms with van der Waals surface area (Å²) >= 11 is 0. The molecule has 1 atom stereocenters. The van der Waals surface area contributed by atoms with Gasteiger partial charge < -0.3 is 10.1 Å². The van der Waals surface area contributed by atoms with E-state index in [0.29, 0.717) is 6.04 Å². The summed E-state index contributed by atoms with van der Waals surface area (Å²) in [4.78, 5) is 0. The number of hydrogen-bond acceptors (Lipinski definition) is 2. The molecule has 1 N–H and O–H groups in total. The van der Waals surface area contributed by atoms with E-state index >= 15 is 0 Å². The van der Waals surface area contributed by atoms with Crippen molar-refractivity contribution in [3.8, 4) is 5.75 Å². The first-order valence-corrected chi connectivity index (χ1v) is 7.75. The van der Waals surface area contributed by atoms with Crippen molar-refractivity contribution in [3.63, 3.8) is 0 Å². The van der Waals surface area contributed by atoms with Crippen LogP contribution in [0.2, 0.25) is 0 Å². The smallest absolute Gasteiger partial charge is 0.119 e. The van der Waals surface area contributed by atoms with E-state index in [9.17, 15) is 0 Å². The number of ether oxygens (including phenoxy) is 1. The van der Waals surface area contributed by atoms with Crippen LogP contribution in [-0.4, -0.2) is 19.2 Å². The summed E-state index contributed by atoms with van der Waals surface area (Å²) in [6.07, 6.45) is 5.79. The van der Waals surface area contributed by atoms with Crippen LogP contribution in [0.3, 0.4) is 0 Å². The Morgan fingerprint density at radius 1 is 1.21 bits per heavy atom. The molecule has 0 aromatic heterocycles. The Morgan fingerprint density at radius 2 is 2.05 bits per heavy atom. The predicted octanol–water partition coefficient (Wildman–Crippen LogP) is 4.19. The summed E-state index contributed by atoms with van der Waals surface area (Å²) in [5.74, 6) is 1.01. The SMILES string of the molecule is CCCNC(CC)CCCOc1cccc(CC)c1. The highest BCUT2D eigenvalue weighted by Crippen LogP contribution is 2.14. The van der Waals surface area contributed by atoms with Gasteiger partial charge in [0.15, 0.2) is 0 Å². The molecule has 0 aliphatic rings. The molecule has 1 aromatic rings. The van der Waals surface area contributed by atoms with Crippen molar-refractivity contribution in [2.75, 3.05) is 13.2 Å². The standard InChI is InChI=1S/C17H29NO/c1-4-12-18-16(6-3)10-8-13-19-17-11-7-9-15(5-2)14-17/h7,9,11,14,16,18H,4-6,8,10,12-13H2,1-3H3. The lowest BCUT2D eigenvalue weighted by Gasteiger charge is -2.16. The van der Waals surface area contributed by atoms with Crippen molar-refractivity contribution >= 4 is 0 Å². The number of nitrogens with one attached hydrogen (secondary N) is 1. The van der Waals surface area contributed by atoms with Crippen molar-refractivity contribution in [1.29, 1.82) is 0 Å². The maximum atomic E-state index is 5.82. The first-order chi connectivity index (χ1) is 9.30. The van der Waals surface area contributed by atoms with Gasteiger partial charge in [-0.15, -0.1) is 0 Å². The number of rotatable bonds is 10. The fraction of sp³-hybridized carbons (Fsp3) is 0.647. The van der Waals surface area contributed by atoms with Gasteiger partial charge in [-0.2, -0.15) is 0 Å². The molecular weight excluding hydrogens is 234 g/mol. The van der Waals surface area contributed by atoms with Crippen molar-refractivity contribution in [1.82, 2.24) is 5.32 Å². The van der Waals surface area contributed by atoms with E-state index in [1.165, 1.54) is 24.8 Å². The van der Waals surface area contributed by atoms with Gasteiger partial charge in [0, 0.05) is 6.04 Å². The monoisotopic (exact) mass is 263 g/mol. The fourth-order valence-electron chi connectivity index (χ4n) is 2.17. The van der Waals surface area contributed by atoms with Crippen LogP contribution in [0.4, 0.5) is 0 Å². The van der Waals surface area contributed by atoms with E-state index in [2.05, 4.69) is 44.3 Å². The van der Waals surface area contributed by atoms with Gasteiger partial charge in [0.1, 0.15) is 5.75 Å². The molecule has 19 heavy (non-hydrogen) atoms. The second-order valence-electron chi connectivity index (χ2n) is 5.05. The van der Waals surface area contributed by atoms with Crippen molar-refractivity contribution in [2.24, 2.45) is 0 Å². The van der Waals surface area contributed by atoms with Gasteiger partial charge in [0.25, 0.3) is 0 Å². The highest BCUT2D eigenvalue weighted by Gasteiger charge is 2.04. The lowest BCUT2D eigenvalue weighted by molar-refractivity contribution is 0.294. The van der Waals surface area contributed by atoms with Gasteiger partial charge in [0.05, 0.1) is 6.61 Å². The summed E-state index contributed by atoms with van der Waals surface area (Å²) in [6.45, 7) is 8.57. The molecule has 1 aromatic carbocycles. The van der Waals surface area contributed by atoms with E-state index < -0.39 is 0 Å². The lowest BCUT2D eigenvalue weighted by atomic mass is 10.1. The second-order valence-corrected chi connectivity index (χ2v) is 5.05. The number of benzene rings is 1. The fourth-order valence-corrected chi connectivity index (χ4v) is 2.17. The Kier molecular flexibility index (Phi) is 8.31. The molecule has 0 bridgehead atoms. The molecule has 1 rings (SSSR count). The van der Waals surface area contributed by atoms with E-state index in [4.69, 9.17) is 4.74 Å². The molecule has 108 valence electrons. The lowest BCUT2D eigenvalue weighted by Crippen LogP contribution is -2.29. The third-order valence-electron chi connectivity index (χ3n) is 3.45. The maximum Gasteiger partial charge on any atom is 0.119 e. The number of aryl methyl sites for hydroxylation is 1. The van der Waals surface area contributed by atoms with E-state index in [-0.39, 0.29) is 0 Å². The van der Waals surface area contributed by atoms with Crippen LogP contribution in [0.5, 0.6) is 5.75 Å². The Bertz CT molecular complexity index is 338. The van der Waals surface area contributed by atoms with Gasteiger partial charge in [-0.3, -0.25) is 0 Å². The first-order valence-electron chi connectivity index (χ1n) is 7.75. The average Bonchev–Trinajstić information content (AvgIpc) is 2.47. The molecule has 2 heteroatoms. The van der Waals surface area contributed by atoms with Gasteiger partial charge in [-0.1, -0.05) is 32.9 Å². The van der Waals surface area contributed by atoms with Crippen LogP contribution in [0.25, 0.3) is 0 Å². The molecule has 0 aliphatic carbocycles. The average molecular weight is 263 g/mol. The van der Waals surface area contributed by atoms with Crippen LogP contribution in [0.1, 0.15) is 52.0 Å². The minimum Gasteiger partial charge on any atom is -0.494 e. The molecule has 0 heterocycles. The van der Waals surface area contributed by atoms with Crippen molar-refractivity contribution in [3.05, 3.63) is 29.8 Å². The highest BCUT2D eigenvalue weighted by atomic mass is 16.5. The van der Waals surface area contributed by atoms with Gasteiger partial charge in [-0.05, 0) is 56.3 Å². The number of hydrogen-bond donors (Lipinski definition) is 1. The van der Waals surface area contributed by atoms with Gasteiger partial charge in [-0.25, -0.2) is 0 Å². The molecule has 2 nitrogen and oxygen atoms in total. The molecule has 0 saturated heterocycles. The normalized spacial score (nSPS) is 12.4. The van der Waals surface area contributed by atoms with E-state index in [1.54, 1.807) is 0 Å². The second kappa shape index (κ2) is 9.85. The summed E-state index contributed by atoms with van der Waals surface area (Å²) in [6, 6.07) is 9.06. The van der Waals surface area contributed by atoms with E-state index in [1.807, 2.05) is 6.07 Å². The zero-order valence-corrected chi connectivity index (χ0v) is 12.7. The molecule has 0 aliphatic heterocycles. The molecule has 0 saturated carbocycles. The van der Waals surface area contributed by atoms with Crippen molar-refractivity contribution < 1.29 is 4.74 Å². The van der Waals surface area contributed by atoms with E-state index in [0.717, 1.165) is 31.7 Å². The molecule has 0 spiro atoms. The largest absolute Gasteiger partial charge is 0.494 e. The quantitative estimate of drug-likeness (QED) is 0.639. The zero-order valence-electron chi connectivity index (χ0n) is 12.7. The summed E-state index contributed by atoms with van der Waals surface area (Å²) in [5.41, 5.74) is 1.34. The molecule has 0 radical (unpaired) electrons.